The smallest absolute Gasteiger partial charge is 0.0565 e. The Bertz CT molecular complexity index is 620. The van der Waals surface area contributed by atoms with E-state index in [9.17, 15) is 0 Å². The standard InChI is InChI=1S/C16H17Br2N/c1-9-6-11(3)14(7-10(9)2)16(19)13-5-4-12(17)8-15(13)18/h4-8,16H,19H2,1-3H3. The Morgan fingerprint density at radius 3 is 2.11 bits per heavy atom. The molecule has 2 N–H and O–H groups in total. The van der Waals surface area contributed by atoms with Crippen LogP contribution >= 0.6 is 31.9 Å². The molecule has 1 atom stereocenters. The Labute approximate surface area is 131 Å². The maximum atomic E-state index is 6.44. The average molecular weight is 383 g/mol. The Kier molecular flexibility index (Phi) is 4.49. The maximum absolute atomic E-state index is 6.44. The summed E-state index contributed by atoms with van der Waals surface area (Å²) in [5, 5.41) is 0. The molecule has 0 saturated carbocycles. The van der Waals surface area contributed by atoms with E-state index in [1.807, 2.05) is 12.1 Å². The first-order valence-electron chi connectivity index (χ1n) is 6.18. The number of benzene rings is 2. The van der Waals surface area contributed by atoms with Gasteiger partial charge in [0, 0.05) is 8.95 Å². The molecule has 100 valence electrons. The third-order valence-electron chi connectivity index (χ3n) is 3.51. The van der Waals surface area contributed by atoms with Gasteiger partial charge in [0.1, 0.15) is 0 Å². The molecule has 1 nitrogen and oxygen atoms in total. The minimum Gasteiger partial charge on any atom is -0.320 e. The molecule has 0 heterocycles. The van der Waals surface area contributed by atoms with Crippen LogP contribution in [0.5, 0.6) is 0 Å². The SMILES string of the molecule is Cc1cc(C)c(C(N)c2ccc(Br)cc2Br)cc1C. The van der Waals surface area contributed by atoms with Crippen molar-refractivity contribution in [2.45, 2.75) is 26.8 Å². The maximum Gasteiger partial charge on any atom is 0.0565 e. The van der Waals surface area contributed by atoms with Gasteiger partial charge < -0.3 is 5.73 Å². The highest BCUT2D eigenvalue weighted by atomic mass is 79.9. The summed E-state index contributed by atoms with van der Waals surface area (Å²) in [5.74, 6) is 0. The van der Waals surface area contributed by atoms with Gasteiger partial charge in [-0.2, -0.15) is 0 Å². The number of nitrogens with two attached hydrogens (primary N) is 1. The summed E-state index contributed by atoms with van der Waals surface area (Å²) in [7, 11) is 0. The zero-order valence-corrected chi connectivity index (χ0v) is 14.5. The summed E-state index contributed by atoms with van der Waals surface area (Å²) < 4.78 is 2.08. The van der Waals surface area contributed by atoms with Crippen molar-refractivity contribution < 1.29 is 0 Å². The molecule has 0 aromatic heterocycles. The predicted octanol–water partition coefficient (Wildman–Crippen LogP) is 5.18. The van der Waals surface area contributed by atoms with Crippen LogP contribution in [0.2, 0.25) is 0 Å². The zero-order chi connectivity index (χ0) is 14.2. The molecule has 0 aliphatic rings. The largest absolute Gasteiger partial charge is 0.320 e. The fraction of sp³-hybridized carbons (Fsp3) is 0.250. The number of aryl methyl sites for hydroxylation is 3. The summed E-state index contributed by atoms with van der Waals surface area (Å²) in [5.41, 5.74) is 12.6. The highest BCUT2D eigenvalue weighted by Crippen LogP contribution is 2.31. The van der Waals surface area contributed by atoms with Gasteiger partial charge >= 0.3 is 0 Å². The molecule has 0 saturated heterocycles. The van der Waals surface area contributed by atoms with E-state index in [0.29, 0.717) is 0 Å². The van der Waals surface area contributed by atoms with Crippen molar-refractivity contribution >= 4 is 31.9 Å². The summed E-state index contributed by atoms with van der Waals surface area (Å²) >= 11 is 7.06. The van der Waals surface area contributed by atoms with Gasteiger partial charge in [0.2, 0.25) is 0 Å². The number of halogens is 2. The molecule has 2 aromatic carbocycles. The molecule has 0 spiro atoms. The van der Waals surface area contributed by atoms with E-state index in [1.165, 1.54) is 22.3 Å². The van der Waals surface area contributed by atoms with Crippen molar-refractivity contribution in [2.24, 2.45) is 5.73 Å². The Morgan fingerprint density at radius 2 is 1.47 bits per heavy atom. The van der Waals surface area contributed by atoms with Crippen LogP contribution in [0, 0.1) is 20.8 Å². The Hall–Kier alpha value is -0.640. The van der Waals surface area contributed by atoms with Crippen LogP contribution in [0.1, 0.15) is 33.9 Å². The van der Waals surface area contributed by atoms with Gasteiger partial charge in [-0.25, -0.2) is 0 Å². The summed E-state index contributed by atoms with van der Waals surface area (Å²) in [6, 6.07) is 10.4. The molecule has 1 unspecified atom stereocenters. The number of rotatable bonds is 2. The molecule has 0 radical (unpaired) electrons. The van der Waals surface area contributed by atoms with Gasteiger partial charge in [-0.3, -0.25) is 0 Å². The minimum absolute atomic E-state index is 0.109. The lowest BCUT2D eigenvalue weighted by atomic mass is 9.92. The van der Waals surface area contributed by atoms with Gasteiger partial charge in [0.05, 0.1) is 6.04 Å². The molecule has 0 amide bonds. The van der Waals surface area contributed by atoms with Crippen molar-refractivity contribution in [1.82, 2.24) is 0 Å². The number of hydrogen-bond acceptors (Lipinski definition) is 1. The van der Waals surface area contributed by atoms with E-state index >= 15 is 0 Å². The second kappa shape index (κ2) is 5.78. The van der Waals surface area contributed by atoms with Gasteiger partial charge in [-0.05, 0) is 60.7 Å². The minimum atomic E-state index is -0.109. The molecule has 2 rings (SSSR count). The lowest BCUT2D eigenvalue weighted by molar-refractivity contribution is 0.853. The summed E-state index contributed by atoms with van der Waals surface area (Å²) in [6.07, 6.45) is 0. The lowest BCUT2D eigenvalue weighted by Gasteiger charge is -2.18. The fourth-order valence-corrected chi connectivity index (χ4v) is 3.53. The van der Waals surface area contributed by atoms with Gasteiger partial charge in [-0.15, -0.1) is 0 Å². The van der Waals surface area contributed by atoms with Crippen LogP contribution in [-0.4, -0.2) is 0 Å². The first-order chi connectivity index (χ1) is 8.90. The van der Waals surface area contributed by atoms with E-state index in [4.69, 9.17) is 5.73 Å². The van der Waals surface area contributed by atoms with Crippen molar-refractivity contribution in [1.29, 1.82) is 0 Å². The molecular formula is C16H17Br2N. The molecule has 3 heteroatoms. The third-order valence-corrected chi connectivity index (χ3v) is 4.69. The normalized spacial score (nSPS) is 12.5. The molecule has 19 heavy (non-hydrogen) atoms. The van der Waals surface area contributed by atoms with E-state index in [0.717, 1.165) is 14.5 Å². The molecule has 2 aromatic rings. The molecular weight excluding hydrogens is 366 g/mol. The van der Waals surface area contributed by atoms with Crippen LogP contribution in [0.3, 0.4) is 0 Å². The van der Waals surface area contributed by atoms with E-state index in [1.54, 1.807) is 0 Å². The highest BCUT2D eigenvalue weighted by Gasteiger charge is 2.15. The monoisotopic (exact) mass is 381 g/mol. The zero-order valence-electron chi connectivity index (χ0n) is 11.3. The summed E-state index contributed by atoms with van der Waals surface area (Å²) in [4.78, 5) is 0. The predicted molar refractivity (Wildman–Crippen MR) is 88.5 cm³/mol. The van der Waals surface area contributed by atoms with Crippen molar-refractivity contribution in [3.8, 4) is 0 Å². The molecule has 0 bridgehead atoms. The second-order valence-electron chi connectivity index (χ2n) is 4.94. The van der Waals surface area contributed by atoms with Crippen LogP contribution < -0.4 is 5.73 Å². The topological polar surface area (TPSA) is 26.0 Å². The Balaban J connectivity index is 2.49. The quantitative estimate of drug-likeness (QED) is 0.760. The van der Waals surface area contributed by atoms with E-state index in [2.05, 4.69) is 70.8 Å². The van der Waals surface area contributed by atoms with E-state index < -0.39 is 0 Å². The van der Waals surface area contributed by atoms with Crippen LogP contribution in [0.25, 0.3) is 0 Å². The fourth-order valence-electron chi connectivity index (χ4n) is 2.24. The van der Waals surface area contributed by atoms with Gasteiger partial charge in [-0.1, -0.05) is 50.1 Å². The van der Waals surface area contributed by atoms with Gasteiger partial charge in [0.25, 0.3) is 0 Å². The van der Waals surface area contributed by atoms with E-state index in [-0.39, 0.29) is 6.04 Å². The van der Waals surface area contributed by atoms with Crippen molar-refractivity contribution in [3.05, 3.63) is 67.1 Å². The van der Waals surface area contributed by atoms with Crippen LogP contribution in [0.15, 0.2) is 39.3 Å². The number of hydrogen-bond donors (Lipinski definition) is 1. The first-order valence-corrected chi connectivity index (χ1v) is 7.77. The summed E-state index contributed by atoms with van der Waals surface area (Å²) in [6.45, 7) is 6.38. The van der Waals surface area contributed by atoms with Crippen molar-refractivity contribution in [3.63, 3.8) is 0 Å². The van der Waals surface area contributed by atoms with Crippen LogP contribution in [-0.2, 0) is 0 Å². The third kappa shape index (κ3) is 3.10. The van der Waals surface area contributed by atoms with Crippen molar-refractivity contribution in [2.75, 3.05) is 0 Å². The average Bonchev–Trinajstić information content (AvgIpc) is 2.33. The van der Waals surface area contributed by atoms with Crippen LogP contribution in [0.4, 0.5) is 0 Å². The highest BCUT2D eigenvalue weighted by molar-refractivity contribution is 9.11. The molecule has 0 fully saturated rings. The Morgan fingerprint density at radius 1 is 0.842 bits per heavy atom. The first kappa shape index (κ1) is 14.8. The van der Waals surface area contributed by atoms with Gasteiger partial charge in [0.15, 0.2) is 0 Å². The lowest BCUT2D eigenvalue weighted by Crippen LogP contribution is -2.14. The molecule has 0 aliphatic heterocycles. The second-order valence-corrected chi connectivity index (χ2v) is 6.71. The molecule has 0 aliphatic carbocycles.